The summed E-state index contributed by atoms with van der Waals surface area (Å²) in [5.41, 5.74) is 5.86. The molecule has 70 valence electrons. The van der Waals surface area contributed by atoms with Crippen molar-refractivity contribution in [1.82, 2.24) is 0 Å². The van der Waals surface area contributed by atoms with Crippen LogP contribution in [0.2, 0.25) is 0 Å². The van der Waals surface area contributed by atoms with Crippen LogP contribution in [0, 0.1) is 0 Å². The number of rotatable bonds is 3. The fourth-order valence-electron chi connectivity index (χ4n) is 2.23. The van der Waals surface area contributed by atoms with E-state index in [9.17, 15) is 0 Å². The Bertz CT molecular complexity index is 148. The minimum absolute atomic E-state index is 0.0884. The maximum atomic E-state index is 6.06. The molecule has 2 fully saturated rings. The third-order valence-corrected chi connectivity index (χ3v) is 3.36. The van der Waals surface area contributed by atoms with Crippen LogP contribution in [-0.4, -0.2) is 18.2 Å². The minimum atomic E-state index is 0.0884. The first-order valence-corrected chi connectivity index (χ1v) is 5.23. The summed E-state index contributed by atoms with van der Waals surface area (Å²) in [7, 11) is 0. The van der Waals surface area contributed by atoms with Gasteiger partial charge in [-0.05, 0) is 32.1 Å². The maximum absolute atomic E-state index is 6.06. The molecule has 12 heavy (non-hydrogen) atoms. The lowest BCUT2D eigenvalue weighted by Crippen LogP contribution is -2.43. The van der Waals surface area contributed by atoms with Crippen molar-refractivity contribution >= 4 is 0 Å². The second-order valence-electron chi connectivity index (χ2n) is 4.27. The predicted octanol–water partition coefficient (Wildman–Crippen LogP) is 1.83. The molecule has 0 radical (unpaired) electrons. The van der Waals surface area contributed by atoms with Gasteiger partial charge in [0.05, 0.1) is 11.7 Å². The molecule has 2 heteroatoms. The Balaban J connectivity index is 1.87. The van der Waals surface area contributed by atoms with E-state index < -0.39 is 0 Å². The summed E-state index contributed by atoms with van der Waals surface area (Å²) in [6, 6.07) is 0. The molecule has 0 bridgehead atoms. The largest absolute Gasteiger partial charge is 0.370 e. The minimum Gasteiger partial charge on any atom is -0.370 e. The van der Waals surface area contributed by atoms with Crippen molar-refractivity contribution in [3.05, 3.63) is 0 Å². The van der Waals surface area contributed by atoms with Gasteiger partial charge in [0.15, 0.2) is 0 Å². The molecule has 0 amide bonds. The van der Waals surface area contributed by atoms with Crippen molar-refractivity contribution in [1.29, 1.82) is 0 Å². The average Bonchev–Trinajstić information content (AvgIpc) is 2.46. The van der Waals surface area contributed by atoms with Gasteiger partial charge in [-0.2, -0.15) is 0 Å². The highest BCUT2D eigenvalue weighted by atomic mass is 16.5. The van der Waals surface area contributed by atoms with Gasteiger partial charge in [0, 0.05) is 6.54 Å². The van der Waals surface area contributed by atoms with Gasteiger partial charge in [0.25, 0.3) is 0 Å². The molecule has 2 saturated carbocycles. The Kier molecular flexibility index (Phi) is 2.37. The first kappa shape index (κ1) is 8.52. The highest BCUT2D eigenvalue weighted by Gasteiger charge is 2.37. The van der Waals surface area contributed by atoms with Crippen molar-refractivity contribution in [2.75, 3.05) is 6.54 Å². The van der Waals surface area contributed by atoms with E-state index in [0.717, 1.165) is 6.54 Å². The van der Waals surface area contributed by atoms with Gasteiger partial charge in [-0.15, -0.1) is 0 Å². The fourth-order valence-corrected chi connectivity index (χ4v) is 2.23. The zero-order valence-corrected chi connectivity index (χ0v) is 7.72. The molecule has 0 aromatic rings. The monoisotopic (exact) mass is 169 g/mol. The molecular formula is C10H19NO. The molecule has 0 heterocycles. The van der Waals surface area contributed by atoms with E-state index in [1.807, 2.05) is 0 Å². The summed E-state index contributed by atoms with van der Waals surface area (Å²) in [5.74, 6) is 0. The molecule has 0 atom stereocenters. The Morgan fingerprint density at radius 2 is 1.83 bits per heavy atom. The van der Waals surface area contributed by atoms with Gasteiger partial charge in [-0.25, -0.2) is 0 Å². The molecule has 0 aromatic carbocycles. The van der Waals surface area contributed by atoms with Crippen LogP contribution in [0.25, 0.3) is 0 Å². The summed E-state index contributed by atoms with van der Waals surface area (Å²) in [4.78, 5) is 0. The topological polar surface area (TPSA) is 35.2 Å². The van der Waals surface area contributed by atoms with Crippen LogP contribution in [0.1, 0.15) is 44.9 Å². The van der Waals surface area contributed by atoms with Crippen molar-refractivity contribution in [3.8, 4) is 0 Å². The van der Waals surface area contributed by atoms with Crippen LogP contribution in [0.3, 0.4) is 0 Å². The van der Waals surface area contributed by atoms with Gasteiger partial charge in [0.1, 0.15) is 0 Å². The van der Waals surface area contributed by atoms with Crippen molar-refractivity contribution in [2.24, 2.45) is 5.73 Å². The van der Waals surface area contributed by atoms with E-state index in [2.05, 4.69) is 0 Å². The zero-order chi connectivity index (χ0) is 8.44. The second kappa shape index (κ2) is 3.35. The van der Waals surface area contributed by atoms with Crippen LogP contribution in [0.15, 0.2) is 0 Å². The van der Waals surface area contributed by atoms with Crippen LogP contribution < -0.4 is 5.73 Å². The lowest BCUT2D eigenvalue weighted by atomic mass is 9.93. The van der Waals surface area contributed by atoms with Crippen molar-refractivity contribution < 1.29 is 4.74 Å². The summed E-state index contributed by atoms with van der Waals surface area (Å²) < 4.78 is 6.06. The second-order valence-corrected chi connectivity index (χ2v) is 4.27. The van der Waals surface area contributed by atoms with E-state index in [1.165, 1.54) is 44.9 Å². The summed E-state index contributed by atoms with van der Waals surface area (Å²) in [6.45, 7) is 0.726. The maximum Gasteiger partial charge on any atom is 0.0807 e. The molecular weight excluding hydrogens is 150 g/mol. The average molecular weight is 169 g/mol. The lowest BCUT2D eigenvalue weighted by Gasteiger charge is -2.37. The van der Waals surface area contributed by atoms with Crippen LogP contribution in [0.5, 0.6) is 0 Å². The number of ether oxygens (including phenoxy) is 1. The quantitative estimate of drug-likeness (QED) is 0.699. The van der Waals surface area contributed by atoms with E-state index in [0.29, 0.717) is 6.10 Å². The third kappa shape index (κ3) is 1.50. The zero-order valence-electron chi connectivity index (χ0n) is 7.72. The van der Waals surface area contributed by atoms with Crippen LogP contribution in [-0.2, 0) is 4.74 Å². The van der Waals surface area contributed by atoms with E-state index in [4.69, 9.17) is 10.5 Å². The molecule has 0 unspecified atom stereocenters. The summed E-state index contributed by atoms with van der Waals surface area (Å²) in [6.07, 6.45) is 9.44. The molecule has 2 N–H and O–H groups in total. The predicted molar refractivity (Wildman–Crippen MR) is 49.0 cm³/mol. The van der Waals surface area contributed by atoms with E-state index in [-0.39, 0.29) is 5.60 Å². The number of hydrogen-bond donors (Lipinski definition) is 1. The van der Waals surface area contributed by atoms with Crippen LogP contribution in [0.4, 0.5) is 0 Å². The van der Waals surface area contributed by atoms with Crippen molar-refractivity contribution in [2.45, 2.75) is 56.7 Å². The fraction of sp³-hybridized carbons (Fsp3) is 1.00. The molecule has 0 aromatic heterocycles. The van der Waals surface area contributed by atoms with E-state index >= 15 is 0 Å². The highest BCUT2D eigenvalue weighted by molar-refractivity contribution is 4.89. The standard InChI is InChI=1S/C10H19NO/c11-8-10(6-1-2-7-10)12-9-4-3-5-9/h9H,1-8,11H2. The van der Waals surface area contributed by atoms with E-state index in [1.54, 1.807) is 0 Å². The molecule has 2 nitrogen and oxygen atoms in total. The highest BCUT2D eigenvalue weighted by Crippen LogP contribution is 2.37. The Hall–Kier alpha value is -0.0800. The molecule has 2 aliphatic rings. The molecule has 0 aliphatic heterocycles. The van der Waals surface area contributed by atoms with Gasteiger partial charge in [-0.1, -0.05) is 12.8 Å². The number of hydrogen-bond acceptors (Lipinski definition) is 2. The molecule has 0 saturated heterocycles. The SMILES string of the molecule is NCC1(OC2CCC2)CCCC1. The van der Waals surface area contributed by atoms with Crippen LogP contribution >= 0.6 is 0 Å². The lowest BCUT2D eigenvalue weighted by molar-refractivity contribution is -0.113. The Labute approximate surface area is 74.5 Å². The van der Waals surface area contributed by atoms with Gasteiger partial charge in [-0.3, -0.25) is 0 Å². The first-order chi connectivity index (χ1) is 5.85. The first-order valence-electron chi connectivity index (χ1n) is 5.23. The van der Waals surface area contributed by atoms with Gasteiger partial charge < -0.3 is 10.5 Å². The Morgan fingerprint density at radius 3 is 2.25 bits per heavy atom. The van der Waals surface area contributed by atoms with Gasteiger partial charge >= 0.3 is 0 Å². The molecule has 2 aliphatic carbocycles. The molecule has 0 spiro atoms. The van der Waals surface area contributed by atoms with Gasteiger partial charge in [0.2, 0.25) is 0 Å². The summed E-state index contributed by atoms with van der Waals surface area (Å²) in [5, 5.41) is 0. The van der Waals surface area contributed by atoms with Crippen molar-refractivity contribution in [3.63, 3.8) is 0 Å². The smallest absolute Gasteiger partial charge is 0.0807 e. The number of nitrogens with two attached hydrogens (primary N) is 1. The third-order valence-electron chi connectivity index (χ3n) is 3.36. The normalized spacial score (nSPS) is 28.8. The Morgan fingerprint density at radius 1 is 1.17 bits per heavy atom. The molecule has 2 rings (SSSR count). The summed E-state index contributed by atoms with van der Waals surface area (Å²) >= 11 is 0.